The average molecular weight is 712 g/mol. The maximum absolute atomic E-state index is 14.5. The average Bonchev–Trinajstić information content (AvgIpc) is 3.47. The van der Waals surface area contributed by atoms with Crippen molar-refractivity contribution in [2.75, 3.05) is 20.3 Å². The highest BCUT2D eigenvalue weighted by molar-refractivity contribution is 5.84. The van der Waals surface area contributed by atoms with E-state index in [1.807, 2.05) is 0 Å². The standard InChI is InChI=1S/C43H69NO7/c1-28(27-50-29(2)45)31-18-23-43(38(48)44-26-14-12-10-11-13-15-36(47)49-9)25-24-41(7)32(37(31)43)16-17-34-40(6)21-20-35(51-30(3)46)39(4,5)33(40)19-22-42(34,41)8/h31-35,37H,1,10-27H2,2-9H3,(H,44,48)/t31-,32+,33-,34?,35-,37+,40-,41+,42+,43-/m0/s1. The predicted molar refractivity (Wildman–Crippen MR) is 198 cm³/mol. The van der Waals surface area contributed by atoms with Crippen molar-refractivity contribution in [2.45, 2.75) is 157 Å². The van der Waals surface area contributed by atoms with Gasteiger partial charge in [-0.1, -0.05) is 60.5 Å². The van der Waals surface area contributed by atoms with E-state index in [9.17, 15) is 19.2 Å². The molecular weight excluding hydrogens is 642 g/mol. The highest BCUT2D eigenvalue weighted by atomic mass is 16.5. The molecule has 0 aromatic carbocycles. The molecule has 0 aromatic rings. The molecule has 0 radical (unpaired) electrons. The van der Waals surface area contributed by atoms with E-state index in [0.29, 0.717) is 30.7 Å². The van der Waals surface area contributed by atoms with Gasteiger partial charge in [0.05, 0.1) is 12.5 Å². The number of methoxy groups -OCH3 is 1. The van der Waals surface area contributed by atoms with Gasteiger partial charge in [0, 0.05) is 32.2 Å². The highest BCUT2D eigenvalue weighted by Gasteiger charge is 2.72. The first-order valence-electron chi connectivity index (χ1n) is 20.3. The summed E-state index contributed by atoms with van der Waals surface area (Å²) in [6.07, 6.45) is 15.6. The molecule has 5 saturated carbocycles. The maximum Gasteiger partial charge on any atom is 0.305 e. The van der Waals surface area contributed by atoms with Crippen molar-refractivity contribution in [3.63, 3.8) is 0 Å². The number of carbonyl (C=O) groups excluding carboxylic acids is 4. The van der Waals surface area contributed by atoms with Crippen LogP contribution in [0.25, 0.3) is 0 Å². The normalized spacial score (nSPS) is 39.3. The second-order valence-corrected chi connectivity index (χ2v) is 18.7. The van der Waals surface area contributed by atoms with Gasteiger partial charge in [0.15, 0.2) is 0 Å². The SMILES string of the molecule is C=C(COC(C)=O)[C@@H]1CC[C@]2(C(=O)NCCCCCCCC(=O)OC)CC[C@]3(C)[C@H](CCC4[C@@]5(C)CC[C@H](OC(C)=O)C(C)(C)[C@@H]5CC[C@]43C)[C@@H]12. The zero-order valence-electron chi connectivity index (χ0n) is 33.3. The first-order chi connectivity index (χ1) is 24.0. The van der Waals surface area contributed by atoms with E-state index in [1.165, 1.54) is 14.0 Å². The third-order valence-corrected chi connectivity index (χ3v) is 16.2. The Balaban J connectivity index is 1.36. The zero-order chi connectivity index (χ0) is 37.4. The lowest BCUT2D eigenvalue weighted by atomic mass is 9.32. The van der Waals surface area contributed by atoms with E-state index in [1.54, 1.807) is 6.92 Å². The summed E-state index contributed by atoms with van der Waals surface area (Å²) >= 11 is 0. The summed E-state index contributed by atoms with van der Waals surface area (Å²) in [6, 6.07) is 0. The lowest BCUT2D eigenvalue weighted by Gasteiger charge is -2.72. The largest absolute Gasteiger partial charge is 0.469 e. The third kappa shape index (κ3) is 7.04. The summed E-state index contributed by atoms with van der Waals surface area (Å²) in [5.41, 5.74) is 0.833. The molecule has 0 bridgehead atoms. The second-order valence-electron chi connectivity index (χ2n) is 18.7. The van der Waals surface area contributed by atoms with E-state index in [0.717, 1.165) is 102 Å². The number of hydrogen-bond donors (Lipinski definition) is 1. The van der Waals surface area contributed by atoms with Crippen LogP contribution in [-0.4, -0.2) is 50.2 Å². The van der Waals surface area contributed by atoms with Crippen molar-refractivity contribution in [1.82, 2.24) is 5.32 Å². The van der Waals surface area contributed by atoms with Crippen molar-refractivity contribution < 1.29 is 33.4 Å². The molecule has 0 aliphatic heterocycles. The van der Waals surface area contributed by atoms with Gasteiger partial charge in [0.1, 0.15) is 12.7 Å². The van der Waals surface area contributed by atoms with Gasteiger partial charge < -0.3 is 19.5 Å². The molecule has 1 amide bonds. The van der Waals surface area contributed by atoms with Gasteiger partial charge in [-0.05, 0) is 128 Å². The molecule has 1 N–H and O–H groups in total. The molecule has 5 fully saturated rings. The number of amides is 1. The third-order valence-electron chi connectivity index (χ3n) is 16.2. The van der Waals surface area contributed by atoms with Gasteiger partial charge in [-0.25, -0.2) is 0 Å². The number of esters is 3. The van der Waals surface area contributed by atoms with Gasteiger partial charge >= 0.3 is 17.9 Å². The molecule has 51 heavy (non-hydrogen) atoms. The number of nitrogens with one attached hydrogen (secondary N) is 1. The molecule has 1 unspecified atom stereocenters. The van der Waals surface area contributed by atoms with Crippen molar-refractivity contribution >= 4 is 23.8 Å². The molecule has 10 atom stereocenters. The minimum absolute atomic E-state index is 0.0350. The highest BCUT2D eigenvalue weighted by Crippen LogP contribution is 2.77. The number of ether oxygens (including phenoxy) is 3. The molecule has 0 spiro atoms. The summed E-state index contributed by atoms with van der Waals surface area (Å²) in [4.78, 5) is 49.9. The van der Waals surface area contributed by atoms with Crippen LogP contribution in [0.2, 0.25) is 0 Å². The topological polar surface area (TPSA) is 108 Å². The Bertz CT molecular complexity index is 1340. The monoisotopic (exact) mass is 712 g/mol. The van der Waals surface area contributed by atoms with Gasteiger partial charge in [-0.3, -0.25) is 19.2 Å². The fraction of sp³-hybridized carbons (Fsp3) is 0.860. The fourth-order valence-corrected chi connectivity index (χ4v) is 13.5. The van der Waals surface area contributed by atoms with Crippen LogP contribution >= 0.6 is 0 Å². The first-order valence-corrected chi connectivity index (χ1v) is 20.3. The summed E-state index contributed by atoms with van der Waals surface area (Å²) < 4.78 is 16.2. The Morgan fingerprint density at radius 3 is 2.14 bits per heavy atom. The molecule has 5 rings (SSSR count). The van der Waals surface area contributed by atoms with Crippen molar-refractivity contribution in [2.24, 2.45) is 56.7 Å². The molecule has 0 saturated heterocycles. The Morgan fingerprint density at radius 1 is 0.745 bits per heavy atom. The first kappa shape index (κ1) is 39.8. The van der Waals surface area contributed by atoms with E-state index < -0.39 is 5.41 Å². The maximum atomic E-state index is 14.5. The smallest absolute Gasteiger partial charge is 0.305 e. The molecule has 5 aliphatic rings. The zero-order valence-corrected chi connectivity index (χ0v) is 33.3. The Morgan fingerprint density at radius 2 is 1.45 bits per heavy atom. The number of unbranched alkanes of at least 4 members (excludes halogenated alkanes) is 4. The lowest BCUT2D eigenvalue weighted by Crippen LogP contribution is -2.67. The molecule has 0 aromatic heterocycles. The molecular formula is C43H69NO7. The Hall–Kier alpha value is -2.38. The van der Waals surface area contributed by atoms with E-state index in [2.05, 4.69) is 46.5 Å². The predicted octanol–water partition coefficient (Wildman–Crippen LogP) is 8.75. The van der Waals surface area contributed by atoms with E-state index in [-0.39, 0.29) is 70.0 Å². The Kier molecular flexibility index (Phi) is 11.8. The van der Waals surface area contributed by atoms with Crippen molar-refractivity contribution in [3.8, 4) is 0 Å². The summed E-state index contributed by atoms with van der Waals surface area (Å²) in [6.45, 7) is 20.8. The molecule has 8 nitrogen and oxygen atoms in total. The van der Waals surface area contributed by atoms with Gasteiger partial charge in [0.25, 0.3) is 0 Å². The summed E-state index contributed by atoms with van der Waals surface area (Å²) in [5.74, 6) is 1.39. The van der Waals surface area contributed by atoms with Gasteiger partial charge in [0.2, 0.25) is 5.91 Å². The Labute approximate surface area is 308 Å². The van der Waals surface area contributed by atoms with Crippen LogP contribution in [0.4, 0.5) is 0 Å². The van der Waals surface area contributed by atoms with Crippen molar-refractivity contribution in [3.05, 3.63) is 12.2 Å². The number of fused-ring (bicyclic) bond motifs is 7. The van der Waals surface area contributed by atoms with Crippen LogP contribution in [0.3, 0.4) is 0 Å². The quantitative estimate of drug-likeness (QED) is 0.0881. The van der Waals surface area contributed by atoms with E-state index in [4.69, 9.17) is 14.2 Å². The van der Waals surface area contributed by atoms with Crippen LogP contribution < -0.4 is 5.32 Å². The minimum Gasteiger partial charge on any atom is -0.469 e. The lowest BCUT2D eigenvalue weighted by molar-refractivity contribution is -0.249. The minimum atomic E-state index is -0.428. The molecule has 0 heterocycles. The number of carbonyl (C=O) groups is 4. The summed E-state index contributed by atoms with van der Waals surface area (Å²) in [5, 5.41) is 3.42. The summed E-state index contributed by atoms with van der Waals surface area (Å²) in [7, 11) is 1.43. The van der Waals surface area contributed by atoms with Crippen molar-refractivity contribution in [1.29, 1.82) is 0 Å². The van der Waals surface area contributed by atoms with Crippen LogP contribution in [0.1, 0.15) is 151 Å². The number of rotatable bonds is 13. The van der Waals surface area contributed by atoms with Crippen LogP contribution in [0.15, 0.2) is 12.2 Å². The molecule has 8 heteroatoms. The molecule has 288 valence electrons. The number of hydrogen-bond acceptors (Lipinski definition) is 7. The van der Waals surface area contributed by atoms with Crippen LogP contribution in [0.5, 0.6) is 0 Å². The van der Waals surface area contributed by atoms with Crippen LogP contribution in [-0.2, 0) is 33.4 Å². The van der Waals surface area contributed by atoms with Gasteiger partial charge in [-0.2, -0.15) is 0 Å². The van der Waals surface area contributed by atoms with E-state index >= 15 is 0 Å². The fourth-order valence-electron chi connectivity index (χ4n) is 13.5. The van der Waals surface area contributed by atoms with Gasteiger partial charge in [-0.15, -0.1) is 0 Å². The second kappa shape index (κ2) is 15.2. The van der Waals surface area contributed by atoms with Crippen LogP contribution in [0, 0.1) is 56.7 Å². The molecule has 5 aliphatic carbocycles.